The molecule has 0 saturated carbocycles. The van der Waals surface area contributed by atoms with Crippen LogP contribution in [0.25, 0.3) is 21.8 Å². The zero-order valence-electron chi connectivity index (χ0n) is 12.0. The number of nitrogens with zero attached hydrogens (tertiary/aromatic N) is 4. The van der Waals surface area contributed by atoms with Gasteiger partial charge in [-0.3, -0.25) is 5.10 Å². The van der Waals surface area contributed by atoms with Crippen molar-refractivity contribution in [3.05, 3.63) is 24.7 Å². The fraction of sp³-hybridized carbons (Fsp3) is 0.400. The molecule has 0 amide bonds. The molecule has 1 aliphatic heterocycles. The van der Waals surface area contributed by atoms with E-state index in [2.05, 4.69) is 32.0 Å². The molecule has 1 aliphatic rings. The van der Waals surface area contributed by atoms with Crippen LogP contribution in [0, 0.1) is 0 Å². The van der Waals surface area contributed by atoms with Gasteiger partial charge in [-0.2, -0.15) is 5.10 Å². The van der Waals surface area contributed by atoms with Crippen LogP contribution in [0.4, 0.5) is 5.82 Å². The number of fused-ring (bicyclic) bond motifs is 3. The maximum Gasteiger partial charge on any atom is 0.159 e. The van der Waals surface area contributed by atoms with Gasteiger partial charge in [0.15, 0.2) is 5.65 Å². The van der Waals surface area contributed by atoms with Crippen molar-refractivity contribution < 1.29 is 0 Å². The van der Waals surface area contributed by atoms with Gasteiger partial charge >= 0.3 is 0 Å². The Morgan fingerprint density at radius 1 is 1.29 bits per heavy atom. The molecule has 2 unspecified atom stereocenters. The summed E-state index contributed by atoms with van der Waals surface area (Å²) in [6.45, 7) is 3.08. The number of H-pyrrole nitrogens is 1. The van der Waals surface area contributed by atoms with E-state index in [-0.39, 0.29) is 6.04 Å². The van der Waals surface area contributed by atoms with Gasteiger partial charge in [0.1, 0.15) is 5.82 Å². The van der Waals surface area contributed by atoms with E-state index in [4.69, 9.17) is 5.73 Å². The topological polar surface area (TPSA) is 83.7 Å². The molecule has 2 atom stereocenters. The van der Waals surface area contributed by atoms with Crippen LogP contribution in [0.3, 0.4) is 0 Å². The Labute approximate surface area is 122 Å². The maximum absolute atomic E-state index is 6.16. The minimum absolute atomic E-state index is 0.208. The average molecular weight is 282 g/mol. The van der Waals surface area contributed by atoms with E-state index in [0.29, 0.717) is 6.04 Å². The van der Waals surface area contributed by atoms with E-state index in [1.54, 1.807) is 6.20 Å². The van der Waals surface area contributed by atoms with E-state index < -0.39 is 0 Å². The van der Waals surface area contributed by atoms with Crippen LogP contribution < -0.4 is 10.6 Å². The van der Waals surface area contributed by atoms with Gasteiger partial charge < -0.3 is 10.6 Å². The lowest BCUT2D eigenvalue weighted by atomic mass is 9.99. The van der Waals surface area contributed by atoms with Crippen molar-refractivity contribution in [2.75, 3.05) is 11.4 Å². The highest BCUT2D eigenvalue weighted by atomic mass is 15.3. The van der Waals surface area contributed by atoms with Crippen LogP contribution in [0.1, 0.15) is 19.8 Å². The van der Waals surface area contributed by atoms with E-state index >= 15 is 0 Å². The van der Waals surface area contributed by atoms with Gasteiger partial charge in [-0.25, -0.2) is 9.97 Å². The van der Waals surface area contributed by atoms with Gasteiger partial charge in [-0.1, -0.05) is 0 Å². The first-order valence-electron chi connectivity index (χ1n) is 7.33. The summed E-state index contributed by atoms with van der Waals surface area (Å²) in [6.07, 6.45) is 7.62. The molecule has 1 saturated heterocycles. The second-order valence-corrected chi connectivity index (χ2v) is 5.83. The molecule has 21 heavy (non-hydrogen) atoms. The molecule has 0 bridgehead atoms. The number of aromatic nitrogens is 4. The third-order valence-corrected chi connectivity index (χ3v) is 4.38. The number of anilines is 1. The maximum atomic E-state index is 6.16. The van der Waals surface area contributed by atoms with E-state index in [0.717, 1.165) is 47.0 Å². The highest BCUT2D eigenvalue weighted by molar-refractivity contribution is 6.10. The second-order valence-electron chi connectivity index (χ2n) is 5.83. The summed E-state index contributed by atoms with van der Waals surface area (Å²) < 4.78 is 0. The Bertz CT molecular complexity index is 795. The largest absolute Gasteiger partial charge is 0.352 e. The van der Waals surface area contributed by atoms with E-state index in [9.17, 15) is 0 Å². The number of pyridine rings is 1. The summed E-state index contributed by atoms with van der Waals surface area (Å²) in [6, 6.07) is 2.66. The van der Waals surface area contributed by atoms with E-state index in [1.165, 1.54) is 0 Å². The van der Waals surface area contributed by atoms with Crippen LogP contribution in [0.5, 0.6) is 0 Å². The zero-order chi connectivity index (χ0) is 14.4. The minimum atomic E-state index is 0.208. The normalized spacial score (nSPS) is 23.0. The first-order chi connectivity index (χ1) is 10.2. The molecule has 0 aromatic carbocycles. The van der Waals surface area contributed by atoms with Gasteiger partial charge in [-0.05, 0) is 25.8 Å². The van der Waals surface area contributed by atoms with Crippen molar-refractivity contribution in [3.63, 3.8) is 0 Å². The highest BCUT2D eigenvalue weighted by Crippen LogP contribution is 2.32. The van der Waals surface area contributed by atoms with Crippen molar-refractivity contribution in [3.8, 4) is 0 Å². The lowest BCUT2D eigenvalue weighted by Crippen LogP contribution is -2.48. The lowest BCUT2D eigenvalue weighted by Gasteiger charge is -2.38. The van der Waals surface area contributed by atoms with Gasteiger partial charge in [0.05, 0.1) is 6.20 Å². The average Bonchev–Trinajstić information content (AvgIpc) is 2.98. The third kappa shape index (κ3) is 1.94. The van der Waals surface area contributed by atoms with Gasteiger partial charge in [0, 0.05) is 47.2 Å². The molecule has 3 aromatic rings. The number of aromatic amines is 1. The van der Waals surface area contributed by atoms with Crippen molar-refractivity contribution in [2.24, 2.45) is 5.73 Å². The lowest BCUT2D eigenvalue weighted by molar-refractivity contribution is 0.434. The van der Waals surface area contributed by atoms with Gasteiger partial charge in [-0.15, -0.1) is 0 Å². The molecule has 108 valence electrons. The van der Waals surface area contributed by atoms with Crippen molar-refractivity contribution in [1.82, 2.24) is 20.2 Å². The highest BCUT2D eigenvalue weighted by Gasteiger charge is 2.26. The SMILES string of the molecule is CC1CCC(N)CN1c1[nH]ncc2cnc3nccc3c12. The Hall–Kier alpha value is -2.21. The monoisotopic (exact) mass is 282 g/mol. The predicted octanol–water partition coefficient (Wildman–Crippen LogP) is 1.82. The molecule has 3 aromatic heterocycles. The molecule has 4 rings (SSSR count). The molecule has 6 heteroatoms. The number of hydrogen-bond donors (Lipinski definition) is 2. The zero-order valence-corrected chi connectivity index (χ0v) is 12.0. The number of piperidine rings is 1. The summed E-state index contributed by atoms with van der Waals surface area (Å²) >= 11 is 0. The smallest absolute Gasteiger partial charge is 0.159 e. The van der Waals surface area contributed by atoms with Crippen molar-refractivity contribution in [2.45, 2.75) is 31.8 Å². The quantitative estimate of drug-likeness (QED) is 0.711. The van der Waals surface area contributed by atoms with Crippen LogP contribution in [0.15, 0.2) is 24.7 Å². The van der Waals surface area contributed by atoms with Crippen molar-refractivity contribution in [1.29, 1.82) is 0 Å². The fourth-order valence-electron chi connectivity index (χ4n) is 3.21. The number of hydrogen-bond acceptors (Lipinski definition) is 5. The molecule has 4 heterocycles. The van der Waals surface area contributed by atoms with Crippen LogP contribution >= 0.6 is 0 Å². The summed E-state index contributed by atoms with van der Waals surface area (Å²) in [5, 5.41) is 10.7. The molecule has 3 N–H and O–H groups in total. The summed E-state index contributed by atoms with van der Waals surface area (Å²) in [7, 11) is 0. The Morgan fingerprint density at radius 3 is 3.10 bits per heavy atom. The first-order valence-corrected chi connectivity index (χ1v) is 7.33. The van der Waals surface area contributed by atoms with E-state index in [1.807, 2.05) is 18.5 Å². The van der Waals surface area contributed by atoms with Crippen LogP contribution in [0.2, 0.25) is 0 Å². The Kier molecular flexibility index (Phi) is 2.78. The van der Waals surface area contributed by atoms with Crippen LogP contribution in [-0.2, 0) is 0 Å². The fourth-order valence-corrected chi connectivity index (χ4v) is 3.21. The summed E-state index contributed by atoms with van der Waals surface area (Å²) in [4.78, 5) is 11.0. The molecule has 1 fully saturated rings. The van der Waals surface area contributed by atoms with Gasteiger partial charge in [0.2, 0.25) is 0 Å². The summed E-state index contributed by atoms with van der Waals surface area (Å²) in [5.74, 6) is 1.02. The molecule has 0 aliphatic carbocycles. The number of rotatable bonds is 1. The standard InChI is InChI=1S/C15H18N6/c1-9-2-3-11(16)8-21(9)15-13-10(7-19-20-15)6-18-14-12(13)4-5-17-14/h4-7,9,11,20H,2-3,8,16H2,1H3. The molecule has 6 nitrogen and oxygen atoms in total. The van der Waals surface area contributed by atoms with Crippen molar-refractivity contribution >= 4 is 27.6 Å². The predicted molar refractivity (Wildman–Crippen MR) is 83.2 cm³/mol. The van der Waals surface area contributed by atoms with Crippen LogP contribution in [-0.4, -0.2) is 38.8 Å². The molecule has 0 radical (unpaired) electrons. The number of nitrogens with two attached hydrogens (primary N) is 1. The van der Waals surface area contributed by atoms with Gasteiger partial charge in [0.25, 0.3) is 0 Å². The third-order valence-electron chi connectivity index (χ3n) is 4.38. The molecular weight excluding hydrogens is 264 g/mol. The molecule has 0 spiro atoms. The minimum Gasteiger partial charge on any atom is -0.352 e. The Balaban J connectivity index is 1.97. The number of nitrogens with one attached hydrogen (secondary N) is 1. The second kappa shape index (κ2) is 4.66. The first kappa shape index (κ1) is 12.5. The molecular formula is C15H18N6. The Morgan fingerprint density at radius 2 is 2.19 bits per heavy atom. The summed E-state index contributed by atoms with van der Waals surface area (Å²) in [5.41, 5.74) is 6.94.